The van der Waals surface area contributed by atoms with Gasteiger partial charge < -0.3 is 10.1 Å². The van der Waals surface area contributed by atoms with Gasteiger partial charge in [-0.3, -0.25) is 9.59 Å². The number of benzene rings is 1. The molecule has 1 N–H and O–H groups in total. The summed E-state index contributed by atoms with van der Waals surface area (Å²) in [5, 5.41) is 21.5. The fourth-order valence-corrected chi connectivity index (χ4v) is 3.45. The second-order valence-electron chi connectivity index (χ2n) is 4.79. The van der Waals surface area contributed by atoms with Gasteiger partial charge in [-0.05, 0) is 11.6 Å². The van der Waals surface area contributed by atoms with E-state index in [2.05, 4.69) is 5.32 Å². The van der Waals surface area contributed by atoms with E-state index in [1.54, 1.807) is 24.3 Å². The van der Waals surface area contributed by atoms with Crippen LogP contribution in [-0.4, -0.2) is 24.7 Å². The topological polar surface area (TPSA) is 103 Å². The van der Waals surface area contributed by atoms with Gasteiger partial charge in [0.1, 0.15) is 5.92 Å². The number of rotatable bonds is 4. The quantitative estimate of drug-likeness (QED) is 0.652. The van der Waals surface area contributed by atoms with Crippen molar-refractivity contribution in [2.45, 2.75) is 5.92 Å². The van der Waals surface area contributed by atoms with Gasteiger partial charge in [0, 0.05) is 10.9 Å². The first kappa shape index (κ1) is 17.9. The number of methoxy groups -OCH3 is 1. The van der Waals surface area contributed by atoms with Gasteiger partial charge in [0.2, 0.25) is 5.91 Å². The molecule has 0 aliphatic carbocycles. The van der Waals surface area contributed by atoms with E-state index in [1.807, 2.05) is 12.1 Å². The minimum atomic E-state index is -1.23. The molecule has 0 bridgehead atoms. The summed E-state index contributed by atoms with van der Waals surface area (Å²) in [5.41, 5.74) is 0.661. The molecular formula is C16H12ClN3O3S. The molecule has 0 spiro atoms. The van der Waals surface area contributed by atoms with Crippen LogP contribution < -0.4 is 5.32 Å². The molecule has 1 aromatic carbocycles. The summed E-state index contributed by atoms with van der Waals surface area (Å²) < 4.78 is 4.73. The zero-order chi connectivity index (χ0) is 17.7. The maximum absolute atomic E-state index is 12.4. The molecule has 0 fully saturated rings. The van der Waals surface area contributed by atoms with Crippen LogP contribution in [-0.2, 0) is 14.3 Å². The van der Waals surface area contributed by atoms with Crippen molar-refractivity contribution >= 4 is 35.2 Å². The summed E-state index contributed by atoms with van der Waals surface area (Å²) >= 11 is 7.25. The fraction of sp³-hybridized carbons (Fsp3) is 0.250. The fourth-order valence-electron chi connectivity index (χ4n) is 2.49. The van der Waals surface area contributed by atoms with E-state index >= 15 is 0 Å². The zero-order valence-corrected chi connectivity index (χ0v) is 14.1. The third-order valence-corrected chi connectivity index (χ3v) is 4.73. The van der Waals surface area contributed by atoms with Crippen LogP contribution in [0, 0.1) is 28.6 Å². The van der Waals surface area contributed by atoms with Crippen LogP contribution in [0.15, 0.2) is 34.9 Å². The minimum absolute atomic E-state index is 0.0545. The van der Waals surface area contributed by atoms with E-state index in [0.717, 1.165) is 11.8 Å². The lowest BCUT2D eigenvalue weighted by Crippen LogP contribution is -2.44. The summed E-state index contributed by atoms with van der Waals surface area (Å²) in [5.74, 6) is -3.39. The van der Waals surface area contributed by atoms with Crippen molar-refractivity contribution in [1.82, 2.24) is 5.32 Å². The van der Waals surface area contributed by atoms with E-state index in [4.69, 9.17) is 21.6 Å². The van der Waals surface area contributed by atoms with Crippen molar-refractivity contribution in [2.75, 3.05) is 12.9 Å². The van der Waals surface area contributed by atoms with Crippen LogP contribution in [0.4, 0.5) is 0 Å². The maximum atomic E-state index is 12.4. The highest BCUT2D eigenvalue weighted by Gasteiger charge is 2.44. The van der Waals surface area contributed by atoms with E-state index in [-0.39, 0.29) is 16.4 Å². The molecule has 122 valence electrons. The highest BCUT2D eigenvalue weighted by molar-refractivity contribution is 8.03. The monoisotopic (exact) mass is 361 g/mol. The average Bonchev–Trinajstić information content (AvgIpc) is 2.59. The third-order valence-electron chi connectivity index (χ3n) is 3.51. The van der Waals surface area contributed by atoms with Crippen molar-refractivity contribution in [1.29, 1.82) is 10.5 Å². The molecule has 1 heterocycles. The predicted octanol–water partition coefficient (Wildman–Crippen LogP) is 2.33. The Morgan fingerprint density at radius 3 is 2.71 bits per heavy atom. The Kier molecular flexibility index (Phi) is 5.86. The standard InChI is InChI=1S/C16H12ClN3O3S/c1-23-16(22)13-12(9-4-2-3-5-11(9)17)10(8-19)15(20-14(13)21)24-7-6-18/h2-5,12-13H,7H2,1H3,(H,20,21)/t12-,13+/m0/s1. The summed E-state index contributed by atoms with van der Waals surface area (Å²) in [4.78, 5) is 24.6. The number of carbonyl (C=O) groups is 2. The average molecular weight is 362 g/mol. The molecule has 2 rings (SSSR count). The molecule has 1 aliphatic heterocycles. The van der Waals surface area contributed by atoms with Crippen LogP contribution in [0.1, 0.15) is 11.5 Å². The molecule has 0 unspecified atom stereocenters. The molecule has 1 amide bonds. The number of carbonyl (C=O) groups excluding carboxylic acids is 2. The second-order valence-corrected chi connectivity index (χ2v) is 6.18. The number of thioether (sulfide) groups is 1. The molecule has 0 saturated carbocycles. The number of esters is 1. The van der Waals surface area contributed by atoms with Gasteiger partial charge in [0.25, 0.3) is 0 Å². The lowest BCUT2D eigenvalue weighted by atomic mass is 9.78. The number of nitrogens with one attached hydrogen (secondary N) is 1. The minimum Gasteiger partial charge on any atom is -0.468 e. The molecule has 0 aromatic heterocycles. The van der Waals surface area contributed by atoms with Crippen LogP contribution in [0.25, 0.3) is 0 Å². The Bertz CT molecular complexity index is 794. The van der Waals surface area contributed by atoms with Gasteiger partial charge in [0.15, 0.2) is 0 Å². The number of ether oxygens (including phenoxy) is 1. The summed E-state index contributed by atoms with van der Waals surface area (Å²) in [6.07, 6.45) is 0. The highest BCUT2D eigenvalue weighted by Crippen LogP contribution is 2.42. The first-order valence-electron chi connectivity index (χ1n) is 6.82. The van der Waals surface area contributed by atoms with E-state index in [9.17, 15) is 14.9 Å². The van der Waals surface area contributed by atoms with Gasteiger partial charge in [-0.25, -0.2) is 0 Å². The van der Waals surface area contributed by atoms with Crippen molar-refractivity contribution in [2.24, 2.45) is 5.92 Å². The number of hydrogen-bond donors (Lipinski definition) is 1. The number of halogens is 1. The first-order valence-corrected chi connectivity index (χ1v) is 8.18. The van der Waals surface area contributed by atoms with E-state index in [1.165, 1.54) is 7.11 Å². The maximum Gasteiger partial charge on any atom is 0.319 e. The zero-order valence-electron chi connectivity index (χ0n) is 12.6. The Hall–Kier alpha value is -2.48. The number of hydrogen-bond acceptors (Lipinski definition) is 6. The molecule has 0 saturated heterocycles. The number of nitrogens with zero attached hydrogens (tertiary/aromatic N) is 2. The van der Waals surface area contributed by atoms with Crippen molar-refractivity contribution in [3.05, 3.63) is 45.5 Å². The van der Waals surface area contributed by atoms with E-state index in [0.29, 0.717) is 10.6 Å². The SMILES string of the molecule is COC(=O)[C@H]1C(=O)NC(SCC#N)=C(C#N)[C@@H]1c1ccccc1Cl. The molecule has 2 atom stereocenters. The first-order chi connectivity index (χ1) is 11.5. The molecular weight excluding hydrogens is 350 g/mol. The molecule has 0 radical (unpaired) electrons. The van der Waals surface area contributed by atoms with Gasteiger partial charge in [-0.15, -0.1) is 0 Å². The van der Waals surface area contributed by atoms with Gasteiger partial charge in [-0.1, -0.05) is 41.6 Å². The lowest BCUT2D eigenvalue weighted by Gasteiger charge is -2.31. The summed E-state index contributed by atoms with van der Waals surface area (Å²) in [7, 11) is 1.18. The number of nitriles is 2. The van der Waals surface area contributed by atoms with Crippen LogP contribution in [0.5, 0.6) is 0 Å². The largest absolute Gasteiger partial charge is 0.468 e. The highest BCUT2D eigenvalue weighted by atomic mass is 35.5. The van der Waals surface area contributed by atoms with Crippen LogP contribution >= 0.6 is 23.4 Å². The second kappa shape index (κ2) is 7.87. The Balaban J connectivity index is 2.65. The Morgan fingerprint density at radius 2 is 2.12 bits per heavy atom. The lowest BCUT2D eigenvalue weighted by molar-refractivity contribution is -0.150. The molecule has 24 heavy (non-hydrogen) atoms. The number of amides is 1. The summed E-state index contributed by atoms with van der Waals surface area (Å²) in [6.45, 7) is 0. The third kappa shape index (κ3) is 3.38. The van der Waals surface area contributed by atoms with E-state index < -0.39 is 23.7 Å². The smallest absolute Gasteiger partial charge is 0.319 e. The molecule has 1 aromatic rings. The summed E-state index contributed by atoms with van der Waals surface area (Å²) in [6, 6.07) is 10.7. The Labute approximate surface area is 148 Å². The normalized spacial score (nSPS) is 19.9. The van der Waals surface area contributed by atoms with Crippen LogP contribution in [0.3, 0.4) is 0 Å². The molecule has 8 heteroatoms. The van der Waals surface area contributed by atoms with Gasteiger partial charge in [-0.2, -0.15) is 10.5 Å². The van der Waals surface area contributed by atoms with Gasteiger partial charge in [0.05, 0.1) is 35.6 Å². The van der Waals surface area contributed by atoms with Crippen molar-refractivity contribution in [3.8, 4) is 12.1 Å². The van der Waals surface area contributed by atoms with Gasteiger partial charge >= 0.3 is 5.97 Å². The molecule has 6 nitrogen and oxygen atoms in total. The molecule has 1 aliphatic rings. The Morgan fingerprint density at radius 1 is 1.42 bits per heavy atom. The predicted molar refractivity (Wildman–Crippen MR) is 88.6 cm³/mol. The van der Waals surface area contributed by atoms with Crippen molar-refractivity contribution < 1.29 is 14.3 Å². The van der Waals surface area contributed by atoms with Crippen LogP contribution in [0.2, 0.25) is 5.02 Å². The van der Waals surface area contributed by atoms with Crippen molar-refractivity contribution in [3.63, 3.8) is 0 Å². The number of allylic oxidation sites excluding steroid dienone is 1.